The molecule has 0 bridgehead atoms. The fourth-order valence-corrected chi connectivity index (χ4v) is 3.69. The van der Waals surface area contributed by atoms with Crippen LogP contribution in [0.25, 0.3) is 0 Å². The highest BCUT2D eigenvalue weighted by Gasteiger charge is 2.53. The summed E-state index contributed by atoms with van der Waals surface area (Å²) < 4.78 is 0. The standard InChI is InChI=1S/C15H19ClN2O/c1-2-18-6-5-10-3-4-11(16)7-13(10)15(14(18)19)8-12(17)9-15/h3-4,7,12H,2,5-6,8-9,17H2,1H3. The number of carbonyl (C=O) groups is 1. The molecule has 1 spiro atoms. The summed E-state index contributed by atoms with van der Waals surface area (Å²) in [4.78, 5) is 14.8. The first-order valence-corrected chi connectivity index (χ1v) is 7.28. The maximum atomic E-state index is 12.8. The van der Waals surface area contributed by atoms with Gasteiger partial charge in [-0.1, -0.05) is 17.7 Å². The third kappa shape index (κ3) is 1.87. The van der Waals surface area contributed by atoms with E-state index in [-0.39, 0.29) is 11.9 Å². The number of rotatable bonds is 1. The fraction of sp³-hybridized carbons (Fsp3) is 0.533. The van der Waals surface area contributed by atoms with Crippen LogP contribution in [0.4, 0.5) is 0 Å². The number of nitrogens with zero attached hydrogens (tertiary/aromatic N) is 1. The summed E-state index contributed by atoms with van der Waals surface area (Å²) in [6, 6.07) is 6.08. The molecule has 1 aromatic carbocycles. The molecule has 1 aliphatic carbocycles. The van der Waals surface area contributed by atoms with Gasteiger partial charge < -0.3 is 10.6 Å². The van der Waals surface area contributed by atoms with Crippen LogP contribution in [0.15, 0.2) is 18.2 Å². The van der Waals surface area contributed by atoms with Crippen LogP contribution in [0, 0.1) is 0 Å². The molecule has 0 radical (unpaired) electrons. The molecule has 0 atom stereocenters. The Morgan fingerprint density at radius 3 is 2.84 bits per heavy atom. The summed E-state index contributed by atoms with van der Waals surface area (Å²) >= 11 is 6.14. The van der Waals surface area contributed by atoms with Crippen molar-refractivity contribution in [3.8, 4) is 0 Å². The van der Waals surface area contributed by atoms with Gasteiger partial charge in [0.1, 0.15) is 0 Å². The second-order valence-corrected chi connectivity index (χ2v) is 6.12. The van der Waals surface area contributed by atoms with Crippen molar-refractivity contribution in [3.63, 3.8) is 0 Å². The van der Waals surface area contributed by atoms with Gasteiger partial charge in [0.25, 0.3) is 0 Å². The first-order valence-electron chi connectivity index (χ1n) is 6.90. The predicted octanol–water partition coefficient (Wildman–Crippen LogP) is 2.10. The van der Waals surface area contributed by atoms with Crippen LogP contribution in [-0.2, 0) is 16.6 Å². The van der Waals surface area contributed by atoms with Gasteiger partial charge in [-0.05, 0) is 49.4 Å². The Morgan fingerprint density at radius 2 is 2.21 bits per heavy atom. The summed E-state index contributed by atoms with van der Waals surface area (Å²) in [6.07, 6.45) is 2.40. The Morgan fingerprint density at radius 1 is 1.47 bits per heavy atom. The van der Waals surface area contributed by atoms with Gasteiger partial charge in [0.2, 0.25) is 5.91 Å². The highest BCUT2D eigenvalue weighted by molar-refractivity contribution is 6.30. The van der Waals surface area contributed by atoms with E-state index in [1.54, 1.807) is 0 Å². The number of nitrogens with two attached hydrogens (primary N) is 1. The van der Waals surface area contributed by atoms with Crippen molar-refractivity contribution in [2.45, 2.75) is 37.6 Å². The lowest BCUT2D eigenvalue weighted by atomic mass is 9.60. The van der Waals surface area contributed by atoms with Gasteiger partial charge in [0.05, 0.1) is 5.41 Å². The molecule has 1 saturated carbocycles. The Kier molecular flexibility index (Phi) is 3.06. The zero-order chi connectivity index (χ0) is 13.6. The monoisotopic (exact) mass is 278 g/mol. The third-order valence-electron chi connectivity index (χ3n) is 4.54. The average molecular weight is 279 g/mol. The van der Waals surface area contributed by atoms with Crippen LogP contribution in [0.5, 0.6) is 0 Å². The molecule has 1 aromatic rings. The summed E-state index contributed by atoms with van der Waals surface area (Å²) in [5, 5.41) is 0.705. The van der Waals surface area contributed by atoms with E-state index in [9.17, 15) is 4.79 Å². The molecule has 1 fully saturated rings. The normalized spacial score (nSPS) is 29.9. The molecule has 3 nitrogen and oxygen atoms in total. The lowest BCUT2D eigenvalue weighted by molar-refractivity contribution is -0.140. The van der Waals surface area contributed by atoms with Crippen LogP contribution < -0.4 is 5.73 Å². The number of fused-ring (bicyclic) bond motifs is 2. The molecular weight excluding hydrogens is 260 g/mol. The van der Waals surface area contributed by atoms with E-state index >= 15 is 0 Å². The predicted molar refractivity (Wildman–Crippen MR) is 76.3 cm³/mol. The Hall–Kier alpha value is -1.06. The number of amides is 1. The molecule has 1 heterocycles. The van der Waals surface area contributed by atoms with Gasteiger partial charge in [-0.15, -0.1) is 0 Å². The quantitative estimate of drug-likeness (QED) is 0.855. The molecule has 0 aromatic heterocycles. The van der Waals surface area contributed by atoms with Gasteiger partial charge in [0, 0.05) is 24.2 Å². The summed E-state index contributed by atoms with van der Waals surface area (Å²) in [5.74, 6) is 0.234. The van der Waals surface area contributed by atoms with Crippen molar-refractivity contribution in [1.29, 1.82) is 0 Å². The van der Waals surface area contributed by atoms with Gasteiger partial charge in [-0.3, -0.25) is 4.79 Å². The van der Waals surface area contributed by atoms with Gasteiger partial charge in [-0.2, -0.15) is 0 Å². The van der Waals surface area contributed by atoms with E-state index in [0.29, 0.717) is 5.02 Å². The van der Waals surface area contributed by atoms with Crippen molar-refractivity contribution < 1.29 is 4.79 Å². The second-order valence-electron chi connectivity index (χ2n) is 5.69. The van der Waals surface area contributed by atoms with Gasteiger partial charge >= 0.3 is 0 Å². The van der Waals surface area contributed by atoms with Gasteiger partial charge in [-0.25, -0.2) is 0 Å². The van der Waals surface area contributed by atoms with Crippen molar-refractivity contribution in [2.75, 3.05) is 13.1 Å². The SMILES string of the molecule is CCN1CCc2ccc(Cl)cc2C2(CC(N)C2)C1=O. The number of halogens is 1. The minimum absolute atomic E-state index is 0.132. The maximum absolute atomic E-state index is 12.8. The van der Waals surface area contributed by atoms with Gasteiger partial charge in [0.15, 0.2) is 0 Å². The smallest absolute Gasteiger partial charge is 0.233 e. The first kappa shape index (κ1) is 12.9. The maximum Gasteiger partial charge on any atom is 0.233 e. The van der Waals surface area contributed by atoms with E-state index in [1.165, 1.54) is 5.56 Å². The van der Waals surface area contributed by atoms with E-state index < -0.39 is 5.41 Å². The number of carbonyl (C=O) groups excluding carboxylic acids is 1. The van der Waals surface area contributed by atoms with Crippen LogP contribution in [0.3, 0.4) is 0 Å². The highest BCUT2D eigenvalue weighted by Crippen LogP contribution is 2.47. The largest absolute Gasteiger partial charge is 0.342 e. The van der Waals surface area contributed by atoms with E-state index in [0.717, 1.165) is 37.9 Å². The zero-order valence-electron chi connectivity index (χ0n) is 11.2. The molecule has 1 aliphatic heterocycles. The molecule has 4 heteroatoms. The fourth-order valence-electron chi connectivity index (χ4n) is 3.52. The molecular formula is C15H19ClN2O. The van der Waals surface area contributed by atoms with Crippen LogP contribution >= 0.6 is 11.6 Å². The molecule has 1 amide bonds. The molecule has 0 saturated heterocycles. The number of likely N-dealkylation sites (N-methyl/N-ethyl adjacent to an activating group) is 1. The number of hydrogen-bond acceptors (Lipinski definition) is 2. The molecule has 102 valence electrons. The Bertz CT molecular complexity index is 523. The van der Waals surface area contributed by atoms with E-state index in [4.69, 9.17) is 17.3 Å². The molecule has 0 unspecified atom stereocenters. The van der Waals surface area contributed by atoms with E-state index in [2.05, 4.69) is 6.07 Å². The Labute approximate surface area is 118 Å². The summed E-state index contributed by atoms with van der Waals surface area (Å²) in [6.45, 7) is 3.59. The molecule has 2 aliphatic rings. The minimum atomic E-state index is -0.411. The lowest BCUT2D eigenvalue weighted by Gasteiger charge is -2.46. The Balaban J connectivity index is 2.12. The topological polar surface area (TPSA) is 46.3 Å². The second kappa shape index (κ2) is 4.50. The lowest BCUT2D eigenvalue weighted by Crippen LogP contribution is -2.58. The first-order chi connectivity index (χ1) is 9.06. The minimum Gasteiger partial charge on any atom is -0.342 e. The van der Waals surface area contributed by atoms with Crippen molar-refractivity contribution in [2.24, 2.45) is 5.73 Å². The molecule has 3 rings (SSSR count). The summed E-state index contributed by atoms with van der Waals surface area (Å²) in [7, 11) is 0. The number of benzene rings is 1. The van der Waals surface area contributed by atoms with Crippen molar-refractivity contribution in [1.82, 2.24) is 4.90 Å². The third-order valence-corrected chi connectivity index (χ3v) is 4.77. The van der Waals surface area contributed by atoms with Crippen molar-refractivity contribution in [3.05, 3.63) is 34.3 Å². The van der Waals surface area contributed by atoms with Crippen LogP contribution in [0.1, 0.15) is 30.9 Å². The number of hydrogen-bond donors (Lipinski definition) is 1. The molecule has 19 heavy (non-hydrogen) atoms. The highest BCUT2D eigenvalue weighted by atomic mass is 35.5. The summed E-state index contributed by atoms with van der Waals surface area (Å²) in [5.41, 5.74) is 7.93. The molecule has 2 N–H and O–H groups in total. The van der Waals surface area contributed by atoms with E-state index in [1.807, 2.05) is 24.0 Å². The van der Waals surface area contributed by atoms with Crippen LogP contribution in [-0.4, -0.2) is 29.9 Å². The zero-order valence-corrected chi connectivity index (χ0v) is 11.9. The van der Waals surface area contributed by atoms with Crippen LogP contribution in [0.2, 0.25) is 5.02 Å². The average Bonchev–Trinajstić information content (AvgIpc) is 2.46. The van der Waals surface area contributed by atoms with Crippen molar-refractivity contribution >= 4 is 17.5 Å².